The lowest BCUT2D eigenvalue weighted by atomic mass is 9.95. The first-order valence-corrected chi connectivity index (χ1v) is 10.9. The van der Waals surface area contributed by atoms with Crippen molar-refractivity contribution in [3.8, 4) is 0 Å². The maximum Gasteiger partial charge on any atom is 0.191 e. The Hall–Kier alpha value is 0.270. The highest BCUT2D eigenvalue weighted by molar-refractivity contribution is 14.0. The van der Waals surface area contributed by atoms with Crippen molar-refractivity contribution in [1.82, 2.24) is 15.5 Å². The number of nitrogens with one attached hydrogen (secondary N) is 2. The van der Waals surface area contributed by atoms with Gasteiger partial charge in [0, 0.05) is 56.4 Å². The van der Waals surface area contributed by atoms with Crippen LogP contribution in [0.15, 0.2) is 4.99 Å². The van der Waals surface area contributed by atoms with E-state index in [9.17, 15) is 0 Å². The van der Waals surface area contributed by atoms with Gasteiger partial charge in [0.05, 0.1) is 6.54 Å². The minimum absolute atomic E-state index is 0. The Morgan fingerprint density at radius 1 is 1.16 bits per heavy atom. The zero-order chi connectivity index (χ0) is 17.1. The molecule has 0 radical (unpaired) electrons. The van der Waals surface area contributed by atoms with Crippen molar-refractivity contribution in [2.24, 2.45) is 4.99 Å². The third kappa shape index (κ3) is 7.81. The number of halogens is 1. The first kappa shape index (κ1) is 23.3. The SMILES string of the molecule is CCNC(=NCC1(N2CCSCC2)CCCC1)NCCCOCC.I. The van der Waals surface area contributed by atoms with Crippen molar-refractivity contribution >= 4 is 41.7 Å². The summed E-state index contributed by atoms with van der Waals surface area (Å²) >= 11 is 2.09. The van der Waals surface area contributed by atoms with Crippen LogP contribution < -0.4 is 10.6 Å². The van der Waals surface area contributed by atoms with Gasteiger partial charge in [-0.05, 0) is 33.1 Å². The summed E-state index contributed by atoms with van der Waals surface area (Å²) in [5, 5.41) is 6.85. The van der Waals surface area contributed by atoms with E-state index in [0.717, 1.165) is 45.2 Å². The molecule has 2 rings (SSSR count). The second-order valence-corrected chi connectivity index (χ2v) is 7.93. The van der Waals surface area contributed by atoms with E-state index in [0.29, 0.717) is 5.54 Å². The molecule has 0 bridgehead atoms. The van der Waals surface area contributed by atoms with Crippen LogP contribution in [0.4, 0.5) is 0 Å². The molecule has 0 spiro atoms. The van der Waals surface area contributed by atoms with Crippen LogP contribution >= 0.6 is 35.7 Å². The van der Waals surface area contributed by atoms with E-state index in [4.69, 9.17) is 9.73 Å². The van der Waals surface area contributed by atoms with Crippen LogP contribution in [0.25, 0.3) is 0 Å². The lowest BCUT2D eigenvalue weighted by Gasteiger charge is -2.42. The van der Waals surface area contributed by atoms with E-state index in [1.807, 2.05) is 6.92 Å². The average molecular weight is 484 g/mol. The predicted octanol–water partition coefficient (Wildman–Crippen LogP) is 2.95. The van der Waals surface area contributed by atoms with E-state index in [2.05, 4.69) is 34.2 Å². The van der Waals surface area contributed by atoms with Gasteiger partial charge in [0.1, 0.15) is 0 Å². The molecule has 2 N–H and O–H groups in total. The zero-order valence-corrected chi connectivity index (χ0v) is 19.2. The van der Waals surface area contributed by atoms with Crippen molar-refractivity contribution in [1.29, 1.82) is 0 Å². The Bertz CT molecular complexity index is 372. The number of ether oxygens (including phenoxy) is 1. The maximum atomic E-state index is 5.40. The summed E-state index contributed by atoms with van der Waals surface area (Å²) in [6.07, 6.45) is 6.36. The van der Waals surface area contributed by atoms with Crippen LogP contribution in [-0.2, 0) is 4.74 Å². The molecule has 0 unspecified atom stereocenters. The molecule has 2 aliphatic rings. The first-order valence-electron chi connectivity index (χ1n) is 9.73. The van der Waals surface area contributed by atoms with Gasteiger partial charge in [-0.1, -0.05) is 12.8 Å². The molecule has 25 heavy (non-hydrogen) atoms. The number of aliphatic imine (C=N–C) groups is 1. The average Bonchev–Trinajstić information content (AvgIpc) is 3.10. The standard InChI is InChI=1S/C18H36N4OS.HI/c1-3-19-17(20-10-7-13-23-4-2)21-16-18(8-5-6-9-18)22-11-14-24-15-12-22;/h3-16H2,1-2H3,(H2,19,20,21);1H. The maximum absolute atomic E-state index is 5.40. The normalized spacial score (nSPS) is 21.0. The Morgan fingerprint density at radius 2 is 1.88 bits per heavy atom. The molecular formula is C18H37IN4OS. The minimum atomic E-state index is 0. The summed E-state index contributed by atoms with van der Waals surface area (Å²) < 4.78 is 5.40. The third-order valence-corrected chi connectivity index (χ3v) is 6.00. The van der Waals surface area contributed by atoms with Crippen LogP contribution in [0.5, 0.6) is 0 Å². The molecule has 1 saturated heterocycles. The van der Waals surface area contributed by atoms with Crippen LogP contribution in [0, 0.1) is 0 Å². The number of hydrogen-bond donors (Lipinski definition) is 2. The molecule has 0 atom stereocenters. The lowest BCUT2D eigenvalue weighted by molar-refractivity contribution is 0.112. The molecule has 1 saturated carbocycles. The second-order valence-electron chi connectivity index (χ2n) is 6.70. The number of guanidine groups is 1. The van der Waals surface area contributed by atoms with Crippen molar-refractivity contribution in [2.75, 3.05) is 57.4 Å². The molecule has 1 aliphatic heterocycles. The lowest BCUT2D eigenvalue weighted by Crippen LogP contribution is -2.53. The third-order valence-electron chi connectivity index (χ3n) is 5.05. The van der Waals surface area contributed by atoms with Crippen molar-refractivity contribution in [2.45, 2.75) is 51.5 Å². The van der Waals surface area contributed by atoms with Crippen molar-refractivity contribution in [3.63, 3.8) is 0 Å². The topological polar surface area (TPSA) is 48.9 Å². The Morgan fingerprint density at radius 3 is 2.52 bits per heavy atom. The molecule has 0 aromatic rings. The van der Waals surface area contributed by atoms with E-state index in [1.54, 1.807) is 0 Å². The van der Waals surface area contributed by atoms with Gasteiger partial charge >= 0.3 is 0 Å². The fourth-order valence-electron chi connectivity index (χ4n) is 3.74. The Balaban J connectivity index is 0.00000312. The predicted molar refractivity (Wildman–Crippen MR) is 121 cm³/mol. The Kier molecular flexibility index (Phi) is 12.5. The first-order chi connectivity index (χ1) is 11.8. The highest BCUT2D eigenvalue weighted by Crippen LogP contribution is 2.37. The summed E-state index contributed by atoms with van der Waals surface area (Å²) in [6, 6.07) is 0. The summed E-state index contributed by atoms with van der Waals surface area (Å²) in [4.78, 5) is 7.70. The van der Waals surface area contributed by atoms with Crippen molar-refractivity contribution < 1.29 is 4.74 Å². The molecule has 2 fully saturated rings. The fourth-order valence-corrected chi connectivity index (χ4v) is 4.64. The van der Waals surface area contributed by atoms with Gasteiger partial charge in [-0.15, -0.1) is 24.0 Å². The summed E-state index contributed by atoms with van der Waals surface area (Å²) in [6.45, 7) is 11.0. The molecule has 1 aliphatic carbocycles. The van der Waals surface area contributed by atoms with Gasteiger partial charge in [-0.25, -0.2) is 0 Å². The number of thioether (sulfide) groups is 1. The van der Waals surface area contributed by atoms with Gasteiger partial charge in [0.25, 0.3) is 0 Å². The van der Waals surface area contributed by atoms with E-state index in [-0.39, 0.29) is 24.0 Å². The second kappa shape index (κ2) is 13.4. The molecular weight excluding hydrogens is 447 g/mol. The molecule has 0 aromatic heterocycles. The van der Waals surface area contributed by atoms with Gasteiger partial charge in [0.2, 0.25) is 0 Å². The van der Waals surface area contributed by atoms with E-state index >= 15 is 0 Å². The molecule has 0 aromatic carbocycles. The Labute approximate surface area is 175 Å². The van der Waals surface area contributed by atoms with Gasteiger partial charge in [0.15, 0.2) is 5.96 Å². The summed E-state index contributed by atoms with van der Waals surface area (Å²) in [7, 11) is 0. The zero-order valence-electron chi connectivity index (χ0n) is 16.0. The van der Waals surface area contributed by atoms with Crippen LogP contribution in [0.2, 0.25) is 0 Å². The molecule has 0 amide bonds. The number of rotatable bonds is 9. The summed E-state index contributed by atoms with van der Waals surface area (Å²) in [5.74, 6) is 3.52. The van der Waals surface area contributed by atoms with E-state index in [1.165, 1.54) is 50.3 Å². The molecule has 1 heterocycles. The van der Waals surface area contributed by atoms with Crippen LogP contribution in [-0.4, -0.2) is 73.8 Å². The van der Waals surface area contributed by atoms with Crippen LogP contribution in [0.3, 0.4) is 0 Å². The number of nitrogens with zero attached hydrogens (tertiary/aromatic N) is 2. The van der Waals surface area contributed by atoms with Gasteiger partial charge in [-0.3, -0.25) is 9.89 Å². The van der Waals surface area contributed by atoms with Gasteiger partial charge in [-0.2, -0.15) is 11.8 Å². The molecule has 148 valence electrons. The quantitative estimate of drug-likeness (QED) is 0.228. The highest BCUT2D eigenvalue weighted by atomic mass is 127. The van der Waals surface area contributed by atoms with Gasteiger partial charge < -0.3 is 15.4 Å². The van der Waals surface area contributed by atoms with Crippen molar-refractivity contribution in [3.05, 3.63) is 0 Å². The summed E-state index contributed by atoms with van der Waals surface area (Å²) in [5.41, 5.74) is 0.314. The number of hydrogen-bond acceptors (Lipinski definition) is 4. The monoisotopic (exact) mass is 484 g/mol. The van der Waals surface area contributed by atoms with Crippen LogP contribution in [0.1, 0.15) is 46.0 Å². The largest absolute Gasteiger partial charge is 0.382 e. The fraction of sp³-hybridized carbons (Fsp3) is 0.944. The minimum Gasteiger partial charge on any atom is -0.382 e. The smallest absolute Gasteiger partial charge is 0.191 e. The van der Waals surface area contributed by atoms with E-state index < -0.39 is 0 Å². The molecule has 5 nitrogen and oxygen atoms in total. The molecule has 7 heteroatoms. The highest BCUT2D eigenvalue weighted by Gasteiger charge is 2.39.